The average molecular weight is 380 g/mol. The van der Waals surface area contributed by atoms with E-state index in [1.54, 1.807) is 23.1 Å². The lowest BCUT2D eigenvalue weighted by molar-refractivity contribution is -0.123. The molecule has 1 N–H and O–H groups in total. The van der Waals surface area contributed by atoms with Crippen molar-refractivity contribution in [3.05, 3.63) is 59.7 Å². The minimum atomic E-state index is -0.175. The molecule has 1 atom stereocenters. The van der Waals surface area contributed by atoms with Crippen molar-refractivity contribution >= 4 is 23.3 Å². The van der Waals surface area contributed by atoms with Crippen LogP contribution >= 0.6 is 0 Å². The van der Waals surface area contributed by atoms with Crippen LogP contribution < -0.4 is 15.0 Å². The van der Waals surface area contributed by atoms with Gasteiger partial charge in [-0.1, -0.05) is 30.3 Å². The predicted molar refractivity (Wildman–Crippen MR) is 107 cm³/mol. The number of anilines is 1. The second-order valence-corrected chi connectivity index (χ2v) is 6.88. The third kappa shape index (κ3) is 4.57. The number of rotatable bonds is 7. The molecule has 0 aromatic heterocycles. The number of ether oxygens (including phenoxy) is 1. The third-order valence-electron chi connectivity index (χ3n) is 4.77. The van der Waals surface area contributed by atoms with Gasteiger partial charge in [-0.3, -0.25) is 14.4 Å². The number of carbonyl (C=O) groups excluding carboxylic acids is 3. The molecule has 0 saturated carbocycles. The van der Waals surface area contributed by atoms with Gasteiger partial charge in [0.05, 0.1) is 11.7 Å². The van der Waals surface area contributed by atoms with Crippen LogP contribution in [0.1, 0.15) is 48.7 Å². The number of benzene rings is 2. The summed E-state index contributed by atoms with van der Waals surface area (Å²) in [7, 11) is 0. The second-order valence-electron chi connectivity index (χ2n) is 6.88. The molecule has 0 unspecified atom stereocenters. The topological polar surface area (TPSA) is 75.7 Å². The normalized spacial score (nSPS) is 14.1. The van der Waals surface area contributed by atoms with Crippen LogP contribution in [-0.4, -0.2) is 30.7 Å². The Hall–Kier alpha value is -3.15. The molecule has 2 aromatic carbocycles. The highest BCUT2D eigenvalue weighted by atomic mass is 16.5. The predicted octanol–water partition coefficient (Wildman–Crippen LogP) is 3.27. The van der Waals surface area contributed by atoms with Gasteiger partial charge in [0.25, 0.3) is 5.91 Å². The van der Waals surface area contributed by atoms with Crippen molar-refractivity contribution in [2.24, 2.45) is 0 Å². The van der Waals surface area contributed by atoms with Crippen LogP contribution in [-0.2, 0) is 9.59 Å². The highest BCUT2D eigenvalue weighted by Gasteiger charge is 2.26. The lowest BCUT2D eigenvalue weighted by atomic mass is 10.1. The van der Waals surface area contributed by atoms with E-state index in [4.69, 9.17) is 4.74 Å². The highest BCUT2D eigenvalue weighted by Crippen LogP contribution is 2.33. The van der Waals surface area contributed by atoms with Crippen molar-refractivity contribution in [1.82, 2.24) is 5.32 Å². The fourth-order valence-corrected chi connectivity index (χ4v) is 3.20. The Balaban J connectivity index is 1.59. The Morgan fingerprint density at radius 2 is 1.93 bits per heavy atom. The van der Waals surface area contributed by atoms with E-state index < -0.39 is 0 Å². The van der Waals surface area contributed by atoms with Gasteiger partial charge in [-0.25, -0.2) is 0 Å². The van der Waals surface area contributed by atoms with E-state index >= 15 is 0 Å². The first-order valence-electron chi connectivity index (χ1n) is 9.38. The number of ketones is 1. The van der Waals surface area contributed by atoms with E-state index in [2.05, 4.69) is 5.32 Å². The number of hydrogen-bond acceptors (Lipinski definition) is 4. The highest BCUT2D eigenvalue weighted by molar-refractivity contribution is 6.01. The van der Waals surface area contributed by atoms with Crippen LogP contribution in [0.2, 0.25) is 0 Å². The summed E-state index contributed by atoms with van der Waals surface area (Å²) in [4.78, 5) is 37.8. The Kier molecular flexibility index (Phi) is 6.09. The van der Waals surface area contributed by atoms with Gasteiger partial charge in [0.15, 0.2) is 12.4 Å². The number of Topliss-reactive ketones (excluding diaryl/α,β-unsaturated/α-hetero) is 1. The molecular weight excluding hydrogens is 356 g/mol. The van der Waals surface area contributed by atoms with Gasteiger partial charge in [0.2, 0.25) is 5.91 Å². The minimum absolute atomic E-state index is 0.0380. The number of hydrogen-bond donors (Lipinski definition) is 1. The first-order valence-corrected chi connectivity index (χ1v) is 9.38. The molecule has 1 aliphatic rings. The standard InChI is InChI=1S/C22H24N2O4/c1-15(17-7-4-3-5-8-17)23-21(26)9-6-12-24-19-13-18(16(2)25)10-11-20(19)28-14-22(24)27/h3-5,7-8,10-11,13,15H,6,9,12,14H2,1-2H3,(H,23,26)/t15-/m0/s1. The van der Waals surface area contributed by atoms with Crippen LogP contribution in [0.25, 0.3) is 0 Å². The van der Waals surface area contributed by atoms with Crippen molar-refractivity contribution in [3.63, 3.8) is 0 Å². The van der Waals surface area contributed by atoms with Crippen molar-refractivity contribution in [1.29, 1.82) is 0 Å². The first-order chi connectivity index (χ1) is 13.5. The van der Waals surface area contributed by atoms with Crippen LogP contribution in [0.15, 0.2) is 48.5 Å². The molecule has 1 heterocycles. The fourth-order valence-electron chi connectivity index (χ4n) is 3.20. The molecule has 0 aliphatic carbocycles. The molecule has 6 heteroatoms. The Bertz CT molecular complexity index is 879. The Morgan fingerprint density at radius 3 is 2.64 bits per heavy atom. The van der Waals surface area contributed by atoms with E-state index in [1.807, 2.05) is 37.3 Å². The van der Waals surface area contributed by atoms with Gasteiger partial charge >= 0.3 is 0 Å². The minimum Gasteiger partial charge on any atom is -0.482 e. The van der Waals surface area contributed by atoms with Gasteiger partial charge < -0.3 is 15.0 Å². The third-order valence-corrected chi connectivity index (χ3v) is 4.77. The van der Waals surface area contributed by atoms with Gasteiger partial charge in [0.1, 0.15) is 5.75 Å². The van der Waals surface area contributed by atoms with Gasteiger partial charge in [0, 0.05) is 18.5 Å². The second kappa shape index (κ2) is 8.69. The summed E-state index contributed by atoms with van der Waals surface area (Å²) < 4.78 is 5.45. The zero-order chi connectivity index (χ0) is 20.1. The van der Waals surface area contributed by atoms with Gasteiger partial charge in [-0.15, -0.1) is 0 Å². The van der Waals surface area contributed by atoms with E-state index in [9.17, 15) is 14.4 Å². The number of amides is 2. The smallest absolute Gasteiger partial charge is 0.265 e. The van der Waals surface area contributed by atoms with Crippen LogP contribution in [0, 0.1) is 0 Å². The molecule has 146 valence electrons. The van der Waals surface area contributed by atoms with Crippen LogP contribution in [0.3, 0.4) is 0 Å². The molecule has 0 radical (unpaired) electrons. The van der Waals surface area contributed by atoms with E-state index in [0.29, 0.717) is 36.4 Å². The summed E-state index contributed by atoms with van der Waals surface area (Å²) >= 11 is 0. The molecule has 0 bridgehead atoms. The molecule has 2 aromatic rings. The van der Waals surface area contributed by atoms with Crippen molar-refractivity contribution in [2.75, 3.05) is 18.1 Å². The molecule has 0 spiro atoms. The largest absolute Gasteiger partial charge is 0.482 e. The van der Waals surface area contributed by atoms with Crippen LogP contribution in [0.4, 0.5) is 5.69 Å². The van der Waals surface area contributed by atoms with Crippen molar-refractivity contribution in [2.45, 2.75) is 32.7 Å². The summed E-state index contributed by atoms with van der Waals surface area (Å²) in [5, 5.41) is 2.98. The molecule has 28 heavy (non-hydrogen) atoms. The molecule has 2 amide bonds. The Labute approximate surface area is 164 Å². The number of nitrogens with one attached hydrogen (secondary N) is 1. The van der Waals surface area contributed by atoms with Crippen molar-refractivity contribution < 1.29 is 19.1 Å². The summed E-state index contributed by atoms with van der Waals surface area (Å²) in [6.45, 7) is 3.78. The zero-order valence-electron chi connectivity index (χ0n) is 16.1. The lowest BCUT2D eigenvalue weighted by Crippen LogP contribution is -2.40. The molecule has 1 aliphatic heterocycles. The van der Waals surface area contributed by atoms with E-state index in [-0.39, 0.29) is 30.2 Å². The number of carbonyl (C=O) groups is 3. The SMILES string of the molecule is CC(=O)c1ccc2c(c1)N(CCCC(=O)N[C@@H](C)c1ccccc1)C(=O)CO2. The summed E-state index contributed by atoms with van der Waals surface area (Å²) in [6, 6.07) is 14.8. The van der Waals surface area contributed by atoms with Gasteiger partial charge in [-0.2, -0.15) is 0 Å². The zero-order valence-corrected chi connectivity index (χ0v) is 16.1. The quantitative estimate of drug-likeness (QED) is 0.748. The molecule has 0 saturated heterocycles. The molecular formula is C22H24N2O4. The number of fused-ring (bicyclic) bond motifs is 1. The van der Waals surface area contributed by atoms with E-state index in [1.165, 1.54) is 6.92 Å². The molecule has 0 fully saturated rings. The molecule has 6 nitrogen and oxygen atoms in total. The maximum absolute atomic E-state index is 12.3. The molecule has 3 rings (SSSR count). The summed E-state index contributed by atoms with van der Waals surface area (Å²) in [5.41, 5.74) is 2.16. The maximum Gasteiger partial charge on any atom is 0.265 e. The maximum atomic E-state index is 12.3. The van der Waals surface area contributed by atoms with Crippen LogP contribution in [0.5, 0.6) is 5.75 Å². The lowest BCUT2D eigenvalue weighted by Gasteiger charge is -2.29. The Morgan fingerprint density at radius 1 is 1.18 bits per heavy atom. The first kappa shape index (κ1) is 19.6. The fraction of sp³-hybridized carbons (Fsp3) is 0.318. The summed E-state index contributed by atoms with van der Waals surface area (Å²) in [5.74, 6) is 0.267. The van der Waals surface area contributed by atoms with Gasteiger partial charge in [-0.05, 0) is 44.0 Å². The monoisotopic (exact) mass is 380 g/mol. The van der Waals surface area contributed by atoms with E-state index in [0.717, 1.165) is 5.56 Å². The summed E-state index contributed by atoms with van der Waals surface area (Å²) in [6.07, 6.45) is 0.826. The number of nitrogens with zero attached hydrogens (tertiary/aromatic N) is 1. The van der Waals surface area contributed by atoms with Crippen molar-refractivity contribution in [3.8, 4) is 5.75 Å². The average Bonchev–Trinajstić information content (AvgIpc) is 2.69.